The number of carbonyl (C=O) groups is 3. The molecule has 2 heterocycles. The van der Waals surface area contributed by atoms with Crippen molar-refractivity contribution in [3.8, 4) is 5.75 Å². The summed E-state index contributed by atoms with van der Waals surface area (Å²) < 4.78 is 6.44. The van der Waals surface area contributed by atoms with Crippen LogP contribution in [0.15, 0.2) is 42.5 Å². The van der Waals surface area contributed by atoms with Gasteiger partial charge in [0.05, 0.1) is 15.9 Å². The molecule has 0 saturated heterocycles. The molecule has 0 saturated carbocycles. The Kier molecular flexibility index (Phi) is 5.37. The van der Waals surface area contributed by atoms with Gasteiger partial charge in [-0.3, -0.25) is 19.3 Å². The Bertz CT molecular complexity index is 1140. The summed E-state index contributed by atoms with van der Waals surface area (Å²) in [6.45, 7) is 3.31. The van der Waals surface area contributed by atoms with Crippen LogP contribution in [-0.2, 0) is 14.4 Å². The van der Waals surface area contributed by atoms with Gasteiger partial charge in [-0.1, -0.05) is 30.4 Å². The van der Waals surface area contributed by atoms with Crippen LogP contribution in [0.4, 0.5) is 16.5 Å². The molecule has 9 heteroatoms. The molecule has 1 aliphatic heterocycles. The molecule has 0 radical (unpaired) electrons. The number of ether oxygens (including phenoxy) is 1. The number of para-hydroxylation sites is 2. The summed E-state index contributed by atoms with van der Waals surface area (Å²) in [5.74, 6) is -0.119. The van der Waals surface area contributed by atoms with Crippen LogP contribution in [-0.4, -0.2) is 35.4 Å². The molecular weight excluding hydrogens is 404 g/mol. The van der Waals surface area contributed by atoms with Gasteiger partial charge in [0.15, 0.2) is 11.2 Å². The number of thiazole rings is 1. The first-order chi connectivity index (χ1) is 14.4. The normalized spacial score (nSPS) is 15.5. The van der Waals surface area contributed by atoms with Crippen LogP contribution < -0.4 is 20.3 Å². The molecule has 3 aromatic rings. The van der Waals surface area contributed by atoms with E-state index in [-0.39, 0.29) is 24.3 Å². The van der Waals surface area contributed by atoms with Crippen molar-refractivity contribution in [2.75, 3.05) is 22.1 Å². The smallest absolute Gasteiger partial charge is 0.268 e. The number of rotatable bonds is 5. The van der Waals surface area contributed by atoms with Gasteiger partial charge < -0.3 is 15.4 Å². The van der Waals surface area contributed by atoms with E-state index in [4.69, 9.17) is 4.74 Å². The molecule has 2 aromatic carbocycles. The molecule has 154 valence electrons. The number of nitrogens with zero attached hydrogens (tertiary/aromatic N) is 2. The Labute approximate surface area is 176 Å². The SMILES string of the molecule is CCC(=O)Nc1nc2ccc(NC(=O)CN3C(=O)[C@H](C)Oc4ccccc43)cc2s1. The van der Waals surface area contributed by atoms with Crippen LogP contribution in [0.3, 0.4) is 0 Å². The Hall–Kier alpha value is -3.46. The van der Waals surface area contributed by atoms with Gasteiger partial charge in [-0.05, 0) is 37.3 Å². The highest BCUT2D eigenvalue weighted by molar-refractivity contribution is 7.22. The van der Waals surface area contributed by atoms with Crippen molar-refractivity contribution in [1.29, 1.82) is 0 Å². The maximum absolute atomic E-state index is 12.7. The standard InChI is InChI=1S/C21H20N4O4S/c1-3-18(26)24-21-23-14-9-8-13(10-17(14)30-21)22-19(27)11-25-15-6-4-5-7-16(15)29-12(2)20(25)28/h4-10,12H,3,11H2,1-2H3,(H,22,27)(H,23,24,26)/t12-/m0/s1. The maximum atomic E-state index is 12.7. The topological polar surface area (TPSA) is 101 Å². The Morgan fingerprint density at radius 2 is 1.97 bits per heavy atom. The number of nitrogens with one attached hydrogen (secondary N) is 2. The van der Waals surface area contributed by atoms with Gasteiger partial charge in [-0.15, -0.1) is 0 Å². The molecule has 2 N–H and O–H groups in total. The van der Waals surface area contributed by atoms with Crippen LogP contribution in [0.1, 0.15) is 20.3 Å². The lowest BCUT2D eigenvalue weighted by Gasteiger charge is -2.32. The number of aromatic nitrogens is 1. The number of fused-ring (bicyclic) bond motifs is 2. The highest BCUT2D eigenvalue weighted by Crippen LogP contribution is 2.33. The van der Waals surface area contributed by atoms with Crippen LogP contribution >= 0.6 is 11.3 Å². The van der Waals surface area contributed by atoms with Crippen molar-refractivity contribution in [3.63, 3.8) is 0 Å². The molecule has 4 rings (SSSR count). The summed E-state index contributed by atoms with van der Waals surface area (Å²) in [4.78, 5) is 42.6. The van der Waals surface area contributed by atoms with E-state index in [1.807, 2.05) is 6.07 Å². The van der Waals surface area contributed by atoms with Gasteiger partial charge in [0.1, 0.15) is 12.3 Å². The number of hydrogen-bond acceptors (Lipinski definition) is 6. The maximum Gasteiger partial charge on any atom is 0.268 e. The zero-order valence-corrected chi connectivity index (χ0v) is 17.3. The average Bonchev–Trinajstić information content (AvgIpc) is 3.12. The van der Waals surface area contributed by atoms with Gasteiger partial charge in [0.2, 0.25) is 11.8 Å². The molecule has 30 heavy (non-hydrogen) atoms. The second kappa shape index (κ2) is 8.11. The zero-order valence-electron chi connectivity index (χ0n) is 16.5. The van der Waals surface area contributed by atoms with E-state index in [0.29, 0.717) is 28.7 Å². The first kappa shape index (κ1) is 19.8. The summed E-state index contributed by atoms with van der Waals surface area (Å²) in [5, 5.41) is 6.08. The molecule has 1 atom stereocenters. The monoisotopic (exact) mass is 424 g/mol. The van der Waals surface area contributed by atoms with Gasteiger partial charge in [-0.25, -0.2) is 4.98 Å². The van der Waals surface area contributed by atoms with E-state index in [2.05, 4.69) is 15.6 Å². The number of amides is 3. The van der Waals surface area contributed by atoms with Crippen LogP contribution in [0.2, 0.25) is 0 Å². The van der Waals surface area contributed by atoms with E-state index < -0.39 is 6.10 Å². The predicted octanol–water partition coefficient (Wildman–Crippen LogP) is 3.40. The molecule has 3 amide bonds. The van der Waals surface area contributed by atoms with E-state index in [9.17, 15) is 14.4 Å². The lowest BCUT2D eigenvalue weighted by Crippen LogP contribution is -2.47. The van der Waals surface area contributed by atoms with E-state index in [0.717, 1.165) is 10.2 Å². The molecular formula is C21H20N4O4S. The molecule has 0 bridgehead atoms. The lowest BCUT2D eigenvalue weighted by molar-refractivity contribution is -0.127. The fourth-order valence-electron chi connectivity index (χ4n) is 3.13. The molecule has 1 aromatic heterocycles. The van der Waals surface area contributed by atoms with Crippen LogP contribution in [0.25, 0.3) is 10.2 Å². The second-order valence-corrected chi connectivity index (χ2v) is 7.83. The van der Waals surface area contributed by atoms with Crippen molar-refractivity contribution >= 4 is 55.8 Å². The quantitative estimate of drug-likeness (QED) is 0.654. The van der Waals surface area contributed by atoms with E-state index >= 15 is 0 Å². The number of benzene rings is 2. The summed E-state index contributed by atoms with van der Waals surface area (Å²) >= 11 is 1.33. The number of anilines is 3. The first-order valence-electron chi connectivity index (χ1n) is 9.52. The molecule has 0 unspecified atom stereocenters. The minimum Gasteiger partial charge on any atom is -0.479 e. The van der Waals surface area contributed by atoms with Gasteiger partial charge in [-0.2, -0.15) is 0 Å². The molecule has 1 aliphatic rings. The fourth-order valence-corrected chi connectivity index (χ4v) is 4.05. The highest BCUT2D eigenvalue weighted by Gasteiger charge is 2.32. The third kappa shape index (κ3) is 3.97. The third-order valence-corrected chi connectivity index (χ3v) is 5.55. The van der Waals surface area contributed by atoms with Crippen molar-refractivity contribution in [3.05, 3.63) is 42.5 Å². The molecule has 0 fully saturated rings. The summed E-state index contributed by atoms with van der Waals surface area (Å²) in [6.07, 6.45) is -0.280. The Morgan fingerprint density at radius 1 is 1.17 bits per heavy atom. The third-order valence-electron chi connectivity index (χ3n) is 4.61. The van der Waals surface area contributed by atoms with Crippen LogP contribution in [0.5, 0.6) is 5.75 Å². The second-order valence-electron chi connectivity index (χ2n) is 6.80. The van der Waals surface area contributed by atoms with E-state index in [1.54, 1.807) is 50.2 Å². The lowest BCUT2D eigenvalue weighted by atomic mass is 10.2. The van der Waals surface area contributed by atoms with Crippen LogP contribution in [0, 0.1) is 0 Å². The van der Waals surface area contributed by atoms with Crippen molar-refractivity contribution in [2.45, 2.75) is 26.4 Å². The molecule has 8 nitrogen and oxygen atoms in total. The number of carbonyl (C=O) groups excluding carboxylic acids is 3. The highest BCUT2D eigenvalue weighted by atomic mass is 32.1. The Morgan fingerprint density at radius 3 is 2.77 bits per heavy atom. The zero-order chi connectivity index (χ0) is 21.3. The van der Waals surface area contributed by atoms with Gasteiger partial charge in [0, 0.05) is 12.1 Å². The largest absolute Gasteiger partial charge is 0.479 e. The van der Waals surface area contributed by atoms with Crippen molar-refractivity contribution in [2.24, 2.45) is 0 Å². The summed E-state index contributed by atoms with van der Waals surface area (Å²) in [6, 6.07) is 12.5. The summed E-state index contributed by atoms with van der Waals surface area (Å²) in [5.41, 5.74) is 1.90. The van der Waals surface area contributed by atoms with E-state index in [1.165, 1.54) is 16.2 Å². The average molecular weight is 424 g/mol. The molecule has 0 spiro atoms. The predicted molar refractivity (Wildman–Crippen MR) is 116 cm³/mol. The van der Waals surface area contributed by atoms with Crippen molar-refractivity contribution < 1.29 is 19.1 Å². The minimum atomic E-state index is -0.655. The first-order valence-corrected chi connectivity index (χ1v) is 10.3. The van der Waals surface area contributed by atoms with Crippen molar-refractivity contribution in [1.82, 2.24) is 4.98 Å². The summed E-state index contributed by atoms with van der Waals surface area (Å²) in [7, 11) is 0. The Balaban J connectivity index is 1.49. The van der Waals surface area contributed by atoms with Gasteiger partial charge >= 0.3 is 0 Å². The fraction of sp³-hybridized carbons (Fsp3) is 0.238. The minimum absolute atomic E-state index is 0.104. The number of hydrogen-bond donors (Lipinski definition) is 2. The molecule has 0 aliphatic carbocycles. The van der Waals surface area contributed by atoms with Gasteiger partial charge in [0.25, 0.3) is 5.91 Å².